The Morgan fingerprint density at radius 3 is 2.42 bits per heavy atom. The number of fused-ring (bicyclic) bond motifs is 1. The number of rotatable bonds is 6. The lowest BCUT2D eigenvalue weighted by Gasteiger charge is -2.35. The van der Waals surface area contributed by atoms with E-state index in [4.69, 9.17) is 14.2 Å². The molecular weight excluding hydrogens is 332 g/mol. The lowest BCUT2D eigenvalue weighted by Crippen LogP contribution is -2.40. The summed E-state index contributed by atoms with van der Waals surface area (Å²) in [7, 11) is 4.77. The molecule has 0 N–H and O–H groups in total. The fourth-order valence-corrected chi connectivity index (χ4v) is 3.59. The Bertz CT molecular complexity index is 759. The first-order valence-electron chi connectivity index (χ1n) is 8.82. The summed E-state index contributed by atoms with van der Waals surface area (Å²) in [6.45, 7) is 3.68. The number of ether oxygens (including phenoxy) is 3. The highest BCUT2D eigenvalue weighted by Gasteiger charge is 2.27. The second kappa shape index (κ2) is 7.72. The van der Waals surface area contributed by atoms with E-state index < -0.39 is 0 Å². The highest BCUT2D eigenvalue weighted by atomic mass is 16.5. The molecule has 1 unspecified atom stereocenters. The summed E-state index contributed by atoms with van der Waals surface area (Å²) in [4.78, 5) is 14.7. The number of aromatic nitrogens is 1. The predicted molar refractivity (Wildman–Crippen MR) is 99.0 cm³/mol. The Labute approximate surface area is 154 Å². The lowest BCUT2D eigenvalue weighted by molar-refractivity contribution is -0.134. The summed E-state index contributed by atoms with van der Waals surface area (Å²) in [5, 5.41) is 0. The van der Waals surface area contributed by atoms with Gasteiger partial charge in [-0.1, -0.05) is 0 Å². The van der Waals surface area contributed by atoms with E-state index in [0.29, 0.717) is 30.1 Å². The van der Waals surface area contributed by atoms with Crippen LogP contribution in [-0.4, -0.2) is 43.2 Å². The summed E-state index contributed by atoms with van der Waals surface area (Å²) in [5.41, 5.74) is 2.18. The van der Waals surface area contributed by atoms with Gasteiger partial charge in [-0.3, -0.25) is 4.79 Å². The van der Waals surface area contributed by atoms with E-state index in [9.17, 15) is 4.79 Å². The summed E-state index contributed by atoms with van der Waals surface area (Å²) in [5.74, 6) is 1.95. The fourth-order valence-electron chi connectivity index (χ4n) is 3.59. The third-order valence-electron chi connectivity index (χ3n) is 5.01. The molecule has 6 heteroatoms. The summed E-state index contributed by atoms with van der Waals surface area (Å²) in [6, 6.07) is 8.03. The number of nitrogens with zero attached hydrogens (tertiary/aromatic N) is 2. The number of amides is 1. The Kier molecular flexibility index (Phi) is 5.40. The van der Waals surface area contributed by atoms with Crippen LogP contribution in [0.1, 0.15) is 30.6 Å². The molecule has 3 rings (SSSR count). The highest BCUT2D eigenvalue weighted by Crippen LogP contribution is 2.38. The smallest absolute Gasteiger partial charge is 0.223 e. The van der Waals surface area contributed by atoms with Gasteiger partial charge in [0.05, 0.1) is 27.4 Å². The van der Waals surface area contributed by atoms with Gasteiger partial charge in [-0.05, 0) is 43.2 Å². The molecule has 1 aliphatic heterocycles. The van der Waals surface area contributed by atoms with Crippen molar-refractivity contribution >= 4 is 5.91 Å². The molecule has 0 radical (unpaired) electrons. The SMILES string of the molecule is COc1cc(CCC(=O)N2CCn3cccc3C2C)cc(OC)c1OC. The molecule has 1 atom stereocenters. The maximum Gasteiger partial charge on any atom is 0.223 e. The van der Waals surface area contributed by atoms with Gasteiger partial charge in [0.2, 0.25) is 11.7 Å². The molecule has 0 bridgehead atoms. The van der Waals surface area contributed by atoms with Gasteiger partial charge in [-0.25, -0.2) is 0 Å². The average molecular weight is 358 g/mol. The van der Waals surface area contributed by atoms with E-state index in [1.165, 1.54) is 5.69 Å². The third-order valence-corrected chi connectivity index (χ3v) is 5.01. The minimum Gasteiger partial charge on any atom is -0.493 e. The van der Waals surface area contributed by atoms with Crippen LogP contribution in [0.5, 0.6) is 17.2 Å². The Hall–Kier alpha value is -2.63. The minimum absolute atomic E-state index is 0.103. The Balaban J connectivity index is 1.70. The number of hydrogen-bond donors (Lipinski definition) is 0. The zero-order valence-corrected chi connectivity index (χ0v) is 15.8. The zero-order chi connectivity index (χ0) is 18.7. The topological polar surface area (TPSA) is 52.9 Å². The van der Waals surface area contributed by atoms with Crippen molar-refractivity contribution in [3.63, 3.8) is 0 Å². The molecule has 26 heavy (non-hydrogen) atoms. The molecule has 1 aromatic carbocycles. The molecule has 0 saturated heterocycles. The molecule has 0 aliphatic carbocycles. The van der Waals surface area contributed by atoms with Crippen LogP contribution in [0.4, 0.5) is 0 Å². The normalized spacial score (nSPS) is 16.2. The highest BCUT2D eigenvalue weighted by molar-refractivity contribution is 5.77. The van der Waals surface area contributed by atoms with E-state index in [1.54, 1.807) is 21.3 Å². The lowest BCUT2D eigenvalue weighted by atomic mass is 10.1. The van der Waals surface area contributed by atoms with Crippen molar-refractivity contribution < 1.29 is 19.0 Å². The maximum absolute atomic E-state index is 12.8. The largest absolute Gasteiger partial charge is 0.493 e. The van der Waals surface area contributed by atoms with E-state index in [1.807, 2.05) is 23.1 Å². The van der Waals surface area contributed by atoms with Crippen LogP contribution in [0.25, 0.3) is 0 Å². The molecule has 140 valence electrons. The number of aryl methyl sites for hydroxylation is 1. The Morgan fingerprint density at radius 1 is 1.12 bits per heavy atom. The van der Waals surface area contributed by atoms with Crippen LogP contribution in [0.3, 0.4) is 0 Å². The van der Waals surface area contributed by atoms with Crippen molar-refractivity contribution in [2.45, 2.75) is 32.4 Å². The molecule has 2 heterocycles. The van der Waals surface area contributed by atoms with E-state index in [-0.39, 0.29) is 11.9 Å². The third kappa shape index (κ3) is 3.36. The van der Waals surface area contributed by atoms with Gasteiger partial charge in [0.25, 0.3) is 0 Å². The van der Waals surface area contributed by atoms with Crippen molar-refractivity contribution in [1.29, 1.82) is 0 Å². The van der Waals surface area contributed by atoms with Crippen molar-refractivity contribution in [2.75, 3.05) is 27.9 Å². The average Bonchev–Trinajstić information content (AvgIpc) is 3.15. The van der Waals surface area contributed by atoms with Crippen LogP contribution in [0, 0.1) is 0 Å². The molecular formula is C20H26N2O4. The molecule has 1 amide bonds. The summed E-state index contributed by atoms with van der Waals surface area (Å²) in [6.07, 6.45) is 3.15. The molecule has 6 nitrogen and oxygen atoms in total. The quantitative estimate of drug-likeness (QED) is 0.796. The monoisotopic (exact) mass is 358 g/mol. The zero-order valence-electron chi connectivity index (χ0n) is 15.8. The number of carbonyl (C=O) groups excluding carboxylic acids is 1. The van der Waals surface area contributed by atoms with Crippen molar-refractivity contribution in [3.8, 4) is 17.2 Å². The molecule has 0 fully saturated rings. The molecule has 0 saturated carbocycles. The van der Waals surface area contributed by atoms with Crippen molar-refractivity contribution in [3.05, 3.63) is 41.7 Å². The molecule has 1 aliphatic rings. The van der Waals surface area contributed by atoms with Gasteiger partial charge in [0.1, 0.15) is 0 Å². The van der Waals surface area contributed by atoms with E-state index >= 15 is 0 Å². The predicted octanol–water partition coefficient (Wildman–Crippen LogP) is 3.05. The van der Waals surface area contributed by atoms with Gasteiger partial charge in [-0.15, -0.1) is 0 Å². The second-order valence-corrected chi connectivity index (χ2v) is 6.42. The standard InChI is InChI=1S/C20H26N2O4/c1-14-16-6-5-9-21(16)10-11-22(14)19(23)8-7-15-12-17(24-2)20(26-4)18(13-15)25-3/h5-6,9,12-14H,7-8,10-11H2,1-4H3. The Morgan fingerprint density at radius 2 is 1.81 bits per heavy atom. The molecule has 0 spiro atoms. The van der Waals surface area contributed by atoms with E-state index in [0.717, 1.165) is 18.7 Å². The number of carbonyl (C=O) groups is 1. The van der Waals surface area contributed by atoms with Gasteiger partial charge >= 0.3 is 0 Å². The minimum atomic E-state index is 0.103. The van der Waals surface area contributed by atoms with Crippen LogP contribution in [0.2, 0.25) is 0 Å². The van der Waals surface area contributed by atoms with Gasteiger partial charge in [0, 0.05) is 31.4 Å². The van der Waals surface area contributed by atoms with Crippen LogP contribution in [0.15, 0.2) is 30.5 Å². The first kappa shape index (κ1) is 18.2. The maximum atomic E-state index is 12.8. The van der Waals surface area contributed by atoms with Crippen LogP contribution in [-0.2, 0) is 17.8 Å². The summed E-state index contributed by atoms with van der Waals surface area (Å²) < 4.78 is 18.3. The summed E-state index contributed by atoms with van der Waals surface area (Å²) >= 11 is 0. The number of hydrogen-bond acceptors (Lipinski definition) is 4. The van der Waals surface area contributed by atoms with Gasteiger partial charge < -0.3 is 23.7 Å². The van der Waals surface area contributed by atoms with Crippen LogP contribution < -0.4 is 14.2 Å². The van der Waals surface area contributed by atoms with E-state index in [2.05, 4.69) is 23.8 Å². The first-order chi connectivity index (χ1) is 12.6. The molecule has 1 aromatic heterocycles. The molecule has 2 aromatic rings. The first-order valence-corrected chi connectivity index (χ1v) is 8.82. The van der Waals surface area contributed by atoms with Crippen molar-refractivity contribution in [2.24, 2.45) is 0 Å². The van der Waals surface area contributed by atoms with Crippen LogP contribution >= 0.6 is 0 Å². The van der Waals surface area contributed by atoms with Gasteiger partial charge in [0.15, 0.2) is 11.5 Å². The number of methoxy groups -OCH3 is 3. The number of benzene rings is 1. The van der Waals surface area contributed by atoms with Gasteiger partial charge in [-0.2, -0.15) is 0 Å². The fraction of sp³-hybridized carbons (Fsp3) is 0.450. The van der Waals surface area contributed by atoms with Crippen molar-refractivity contribution in [1.82, 2.24) is 9.47 Å². The second-order valence-electron chi connectivity index (χ2n) is 6.42.